The predicted octanol–water partition coefficient (Wildman–Crippen LogP) is 5.32. The van der Waals surface area contributed by atoms with Gasteiger partial charge in [-0.3, -0.25) is 14.4 Å². The highest BCUT2D eigenvalue weighted by molar-refractivity contribution is 6.01. The average Bonchev–Trinajstić information content (AvgIpc) is 3.08. The molecule has 12 nitrogen and oxygen atoms in total. The minimum atomic E-state index is -0.611. The normalized spacial score (nSPS) is 16.3. The molecule has 1 heterocycles. The van der Waals surface area contributed by atoms with Crippen molar-refractivity contribution in [2.45, 2.75) is 58.1 Å². The summed E-state index contributed by atoms with van der Waals surface area (Å²) in [5, 5.41) is 18.4. The molecule has 13 heteroatoms. The van der Waals surface area contributed by atoms with Crippen molar-refractivity contribution >= 4 is 46.5 Å². The van der Waals surface area contributed by atoms with Gasteiger partial charge in [-0.1, -0.05) is 31.5 Å². The molecule has 0 saturated carbocycles. The van der Waals surface area contributed by atoms with E-state index in [4.69, 9.17) is 10.5 Å². The minimum absolute atomic E-state index is 0.121. The second kappa shape index (κ2) is 17.3. The molecular formula is C36H45FN6O6. The third kappa shape index (κ3) is 10.2. The van der Waals surface area contributed by atoms with Crippen LogP contribution in [0.2, 0.25) is 0 Å². The van der Waals surface area contributed by atoms with Crippen molar-refractivity contribution in [2.75, 3.05) is 48.4 Å². The van der Waals surface area contributed by atoms with Crippen molar-refractivity contribution in [2.24, 2.45) is 5.92 Å². The molecule has 1 aliphatic rings. The number of anilines is 4. The summed E-state index contributed by atoms with van der Waals surface area (Å²) in [5.74, 6) is -1.32. The van der Waals surface area contributed by atoms with Crippen LogP contribution >= 0.6 is 0 Å². The summed E-state index contributed by atoms with van der Waals surface area (Å²) < 4.78 is 19.8. The molecule has 0 aliphatic carbocycles. The van der Waals surface area contributed by atoms with Gasteiger partial charge in [0.1, 0.15) is 11.9 Å². The number of para-hydroxylation sites is 3. The number of likely N-dealkylation sites (N-methyl/N-ethyl adjacent to an activating group) is 1. The molecule has 0 fully saturated rings. The van der Waals surface area contributed by atoms with Crippen LogP contribution in [-0.4, -0.2) is 77.5 Å². The first-order chi connectivity index (χ1) is 23.5. The average molecular weight is 677 g/mol. The first kappa shape index (κ1) is 36.7. The molecule has 262 valence electrons. The highest BCUT2D eigenvalue weighted by atomic mass is 19.1. The summed E-state index contributed by atoms with van der Waals surface area (Å²) in [5.41, 5.74) is 7.90. The Morgan fingerprint density at radius 1 is 0.959 bits per heavy atom. The van der Waals surface area contributed by atoms with Crippen LogP contribution in [0.5, 0.6) is 5.75 Å². The molecule has 0 bridgehead atoms. The van der Waals surface area contributed by atoms with Gasteiger partial charge < -0.3 is 41.3 Å². The SMILES string of the molecule is C[C@H]1CN([C@@H](C)CO)C(=O)c2cccc(NC(=O)CCCCCC(=O)Nc3ccccc3N)c2O[C@@H]1CN(C)C(=O)Nc1ccc(F)cc1. The maximum Gasteiger partial charge on any atom is 0.321 e. The van der Waals surface area contributed by atoms with Crippen LogP contribution in [0, 0.1) is 11.7 Å². The number of halogens is 1. The molecule has 49 heavy (non-hydrogen) atoms. The summed E-state index contributed by atoms with van der Waals surface area (Å²) in [4.78, 5) is 55.2. The number of aliphatic hydroxyl groups is 1. The number of nitrogen functional groups attached to an aromatic ring is 1. The molecule has 0 unspecified atom stereocenters. The molecule has 0 spiro atoms. The van der Waals surface area contributed by atoms with Gasteiger partial charge in [0.15, 0.2) is 5.75 Å². The maximum atomic E-state index is 13.8. The van der Waals surface area contributed by atoms with Gasteiger partial charge in [0.2, 0.25) is 11.8 Å². The Kier molecular flexibility index (Phi) is 12.9. The number of hydrogen-bond donors (Lipinski definition) is 5. The first-order valence-electron chi connectivity index (χ1n) is 16.4. The zero-order valence-electron chi connectivity index (χ0n) is 28.1. The zero-order valence-corrected chi connectivity index (χ0v) is 28.1. The molecule has 0 saturated heterocycles. The van der Waals surface area contributed by atoms with E-state index in [9.17, 15) is 28.7 Å². The number of hydrogen-bond acceptors (Lipinski definition) is 7. The number of amides is 5. The van der Waals surface area contributed by atoms with E-state index in [0.717, 1.165) is 0 Å². The fourth-order valence-electron chi connectivity index (χ4n) is 5.45. The van der Waals surface area contributed by atoms with Crippen LogP contribution in [0.3, 0.4) is 0 Å². The fraction of sp³-hybridized carbons (Fsp3) is 0.389. The number of benzene rings is 3. The Balaban J connectivity index is 1.42. The minimum Gasteiger partial charge on any atom is -0.485 e. The van der Waals surface area contributed by atoms with Crippen molar-refractivity contribution < 1.29 is 33.4 Å². The second-order valence-corrected chi connectivity index (χ2v) is 12.4. The number of nitrogens with zero attached hydrogens (tertiary/aromatic N) is 2. The Hall–Kier alpha value is -5.17. The maximum absolute atomic E-state index is 13.8. The molecule has 3 aromatic rings. The molecule has 6 N–H and O–H groups in total. The second-order valence-electron chi connectivity index (χ2n) is 12.4. The van der Waals surface area contributed by atoms with Gasteiger partial charge >= 0.3 is 6.03 Å². The standard InChI is InChI=1S/C36H45FN6O6/c1-23-20-43(24(2)22-44)35(47)27-10-9-13-30(34(27)49-31(23)21-42(3)36(48)39-26-18-16-25(37)17-19-26)41-33(46)15-6-4-5-14-32(45)40-29-12-8-7-11-28(29)38/h7-13,16-19,23-24,31,44H,4-6,14-15,20-22,38H2,1-3H3,(H,39,48)(H,40,45)(H,41,46)/t23-,24-,31+/m0/s1. The Morgan fingerprint density at radius 2 is 1.59 bits per heavy atom. The molecule has 0 aromatic heterocycles. The third-order valence-electron chi connectivity index (χ3n) is 8.40. The molecule has 4 rings (SSSR count). The van der Waals surface area contributed by atoms with Crippen LogP contribution in [0.1, 0.15) is 56.3 Å². The molecular weight excluding hydrogens is 631 g/mol. The highest BCUT2D eigenvalue weighted by Crippen LogP contribution is 2.35. The lowest BCUT2D eigenvalue weighted by molar-refractivity contribution is -0.116. The topological polar surface area (TPSA) is 166 Å². The first-order valence-corrected chi connectivity index (χ1v) is 16.4. The number of unbranched alkanes of at least 4 members (excludes halogenated alkanes) is 2. The van der Waals surface area contributed by atoms with E-state index in [1.54, 1.807) is 61.3 Å². The molecule has 5 amide bonds. The quantitative estimate of drug-likeness (QED) is 0.121. The Labute approximate surface area is 285 Å². The predicted molar refractivity (Wildman–Crippen MR) is 187 cm³/mol. The van der Waals surface area contributed by atoms with Crippen LogP contribution in [-0.2, 0) is 9.59 Å². The number of nitrogens with one attached hydrogen (secondary N) is 3. The number of fused-ring (bicyclic) bond motifs is 1. The lowest BCUT2D eigenvalue weighted by atomic mass is 9.99. The van der Waals surface area contributed by atoms with E-state index in [1.807, 2.05) is 6.92 Å². The van der Waals surface area contributed by atoms with E-state index in [2.05, 4.69) is 16.0 Å². The van der Waals surface area contributed by atoms with Gasteiger partial charge in [-0.05, 0) is 68.3 Å². The van der Waals surface area contributed by atoms with Crippen molar-refractivity contribution in [3.63, 3.8) is 0 Å². The number of rotatable bonds is 13. The van der Waals surface area contributed by atoms with Gasteiger partial charge in [0.25, 0.3) is 5.91 Å². The Morgan fingerprint density at radius 3 is 2.24 bits per heavy atom. The molecule has 1 aliphatic heterocycles. The van der Waals surface area contributed by atoms with Crippen molar-refractivity contribution in [3.8, 4) is 5.75 Å². The molecule has 3 atom stereocenters. The van der Waals surface area contributed by atoms with Crippen LogP contribution in [0.4, 0.5) is 31.9 Å². The number of nitrogens with two attached hydrogens (primary N) is 1. The highest BCUT2D eigenvalue weighted by Gasteiger charge is 2.35. The van der Waals surface area contributed by atoms with E-state index in [1.165, 1.54) is 29.2 Å². The third-order valence-corrected chi connectivity index (χ3v) is 8.40. The van der Waals surface area contributed by atoms with E-state index < -0.39 is 24.0 Å². The summed E-state index contributed by atoms with van der Waals surface area (Å²) in [6.07, 6.45) is 1.63. The van der Waals surface area contributed by atoms with Crippen LogP contribution in [0.25, 0.3) is 0 Å². The van der Waals surface area contributed by atoms with Crippen molar-refractivity contribution in [1.29, 1.82) is 0 Å². The van der Waals surface area contributed by atoms with Crippen molar-refractivity contribution in [3.05, 3.63) is 78.1 Å². The van der Waals surface area contributed by atoms with E-state index in [-0.39, 0.29) is 67.5 Å². The van der Waals surface area contributed by atoms with Gasteiger partial charge in [0.05, 0.1) is 41.8 Å². The lowest BCUT2D eigenvalue weighted by Crippen LogP contribution is -2.50. The molecule has 3 aromatic carbocycles. The number of carbonyl (C=O) groups excluding carboxylic acids is 4. The lowest BCUT2D eigenvalue weighted by Gasteiger charge is -2.38. The number of aliphatic hydroxyl groups excluding tert-OH is 1. The van der Waals surface area contributed by atoms with Gasteiger partial charge in [-0.2, -0.15) is 0 Å². The van der Waals surface area contributed by atoms with Crippen molar-refractivity contribution in [1.82, 2.24) is 9.80 Å². The Bertz CT molecular complexity index is 1620. The van der Waals surface area contributed by atoms with Gasteiger partial charge in [-0.15, -0.1) is 0 Å². The summed E-state index contributed by atoms with van der Waals surface area (Å²) in [6, 6.07) is 16.4. The number of carbonyl (C=O) groups is 4. The van der Waals surface area contributed by atoms with E-state index >= 15 is 0 Å². The number of ether oxygens (including phenoxy) is 1. The molecule has 0 radical (unpaired) electrons. The van der Waals surface area contributed by atoms with Crippen LogP contribution < -0.4 is 26.4 Å². The fourth-order valence-corrected chi connectivity index (χ4v) is 5.45. The smallest absolute Gasteiger partial charge is 0.321 e. The summed E-state index contributed by atoms with van der Waals surface area (Å²) in [7, 11) is 1.60. The van der Waals surface area contributed by atoms with Gasteiger partial charge in [-0.25, -0.2) is 9.18 Å². The monoisotopic (exact) mass is 676 g/mol. The summed E-state index contributed by atoms with van der Waals surface area (Å²) in [6.45, 7) is 3.76. The largest absolute Gasteiger partial charge is 0.485 e. The number of urea groups is 1. The zero-order chi connectivity index (χ0) is 35.5. The van der Waals surface area contributed by atoms with E-state index in [0.29, 0.717) is 42.0 Å². The van der Waals surface area contributed by atoms with Crippen LogP contribution in [0.15, 0.2) is 66.7 Å². The summed E-state index contributed by atoms with van der Waals surface area (Å²) >= 11 is 0. The van der Waals surface area contributed by atoms with Gasteiger partial charge in [0, 0.05) is 38.0 Å².